The number of carboxylic acid groups (broad SMARTS) is 2. The Bertz CT molecular complexity index is 1090. The summed E-state index contributed by atoms with van der Waals surface area (Å²) in [7, 11) is 0. The number of nitrogens with one attached hydrogen (secondary N) is 5. The molecule has 0 spiro atoms. The Labute approximate surface area is 260 Å². The maximum absolute atomic E-state index is 13.2. The number of rotatable bonds is 21. The fourth-order valence-electron chi connectivity index (χ4n) is 3.83. The van der Waals surface area contributed by atoms with Crippen LogP contribution in [0.1, 0.15) is 66.7 Å². The van der Waals surface area contributed by atoms with Crippen LogP contribution in [0.2, 0.25) is 0 Å². The van der Waals surface area contributed by atoms with Gasteiger partial charge in [0.2, 0.25) is 35.4 Å². The van der Waals surface area contributed by atoms with Crippen molar-refractivity contribution in [2.24, 2.45) is 23.3 Å². The zero-order valence-corrected chi connectivity index (χ0v) is 26.1. The Hall–Kier alpha value is -4.32. The van der Waals surface area contributed by atoms with Crippen LogP contribution in [0.4, 0.5) is 0 Å². The summed E-state index contributed by atoms with van der Waals surface area (Å²) in [6, 6.07) is -8.03. The normalized spacial score (nSPS) is 15.6. The molecular weight excluding hydrogens is 598 g/mol. The van der Waals surface area contributed by atoms with E-state index in [-0.39, 0.29) is 25.7 Å². The summed E-state index contributed by atoms with van der Waals surface area (Å²) < 4.78 is 0. The SMILES string of the molecule is CC[C@H](C)[C@H](NC(=O)[C@H](CO)NC(=O)[C@@H](NC(=O)[C@H](CCC(N)=O)NC(=O)[C@H](C)NC(=O)[C@@H](N)CCC(=O)O)C(C)C)C(=O)O. The molecule has 0 unspecified atom stereocenters. The van der Waals surface area contributed by atoms with Crippen LogP contribution in [0.3, 0.4) is 0 Å². The number of primary amides is 1. The van der Waals surface area contributed by atoms with Gasteiger partial charge in [-0.1, -0.05) is 34.1 Å². The first-order chi connectivity index (χ1) is 20.9. The van der Waals surface area contributed by atoms with E-state index in [0.29, 0.717) is 6.42 Å². The Morgan fingerprint density at radius 1 is 0.667 bits per heavy atom. The van der Waals surface area contributed by atoms with Crippen LogP contribution >= 0.6 is 0 Å². The molecule has 0 saturated carbocycles. The van der Waals surface area contributed by atoms with Gasteiger partial charge in [0.15, 0.2) is 0 Å². The van der Waals surface area contributed by atoms with Gasteiger partial charge in [0.25, 0.3) is 0 Å². The molecule has 12 N–H and O–H groups in total. The third kappa shape index (κ3) is 14.8. The number of nitrogens with two attached hydrogens (primary N) is 2. The van der Waals surface area contributed by atoms with Gasteiger partial charge in [-0.2, -0.15) is 0 Å². The fourth-order valence-corrected chi connectivity index (χ4v) is 3.83. The topological polar surface area (TPSA) is 309 Å². The quantitative estimate of drug-likeness (QED) is 0.0586. The fraction of sp³-hybridized carbons (Fsp3) is 0.704. The van der Waals surface area contributed by atoms with Gasteiger partial charge in [0, 0.05) is 12.8 Å². The molecule has 45 heavy (non-hydrogen) atoms. The molecule has 0 aromatic heterocycles. The number of hydrogen-bond acceptors (Lipinski definition) is 10. The second-order valence-corrected chi connectivity index (χ2v) is 11.0. The van der Waals surface area contributed by atoms with Crippen molar-refractivity contribution >= 4 is 47.4 Å². The maximum atomic E-state index is 13.2. The molecule has 0 rings (SSSR count). The first-order valence-electron chi connectivity index (χ1n) is 14.5. The predicted octanol–water partition coefficient (Wildman–Crippen LogP) is -3.33. The maximum Gasteiger partial charge on any atom is 0.326 e. The van der Waals surface area contributed by atoms with Gasteiger partial charge in [0.1, 0.15) is 30.2 Å². The van der Waals surface area contributed by atoms with Crippen molar-refractivity contribution in [2.75, 3.05) is 6.61 Å². The molecule has 0 radical (unpaired) electrons. The molecule has 0 bridgehead atoms. The molecule has 0 aliphatic carbocycles. The number of carbonyl (C=O) groups excluding carboxylic acids is 6. The van der Waals surface area contributed by atoms with Crippen molar-refractivity contribution in [3.05, 3.63) is 0 Å². The van der Waals surface area contributed by atoms with Crippen LogP contribution in [-0.2, 0) is 38.4 Å². The molecule has 18 nitrogen and oxygen atoms in total. The lowest BCUT2D eigenvalue weighted by Crippen LogP contribution is -2.61. The minimum absolute atomic E-state index is 0.186. The highest BCUT2D eigenvalue weighted by atomic mass is 16.4. The molecule has 0 aromatic carbocycles. The van der Waals surface area contributed by atoms with E-state index in [4.69, 9.17) is 16.6 Å². The minimum atomic E-state index is -1.56. The van der Waals surface area contributed by atoms with Crippen molar-refractivity contribution in [1.82, 2.24) is 26.6 Å². The van der Waals surface area contributed by atoms with Crippen LogP contribution in [0.25, 0.3) is 0 Å². The molecule has 0 aliphatic rings. The molecule has 0 heterocycles. The van der Waals surface area contributed by atoms with E-state index in [0.717, 1.165) is 0 Å². The second kappa shape index (κ2) is 19.9. The molecule has 0 fully saturated rings. The van der Waals surface area contributed by atoms with Crippen LogP contribution in [-0.4, -0.2) is 106 Å². The monoisotopic (exact) mass is 645 g/mol. The lowest BCUT2D eigenvalue weighted by atomic mass is 9.98. The molecule has 7 atom stereocenters. The second-order valence-electron chi connectivity index (χ2n) is 11.0. The number of carbonyl (C=O) groups is 8. The van der Waals surface area contributed by atoms with Crippen molar-refractivity contribution in [3.8, 4) is 0 Å². The largest absolute Gasteiger partial charge is 0.481 e. The summed E-state index contributed by atoms with van der Waals surface area (Å²) in [5.41, 5.74) is 10.8. The molecule has 0 aliphatic heterocycles. The molecule has 6 amide bonds. The van der Waals surface area contributed by atoms with E-state index in [9.17, 15) is 48.6 Å². The van der Waals surface area contributed by atoms with Gasteiger partial charge < -0.3 is 53.4 Å². The van der Waals surface area contributed by atoms with E-state index in [1.165, 1.54) is 6.92 Å². The predicted molar refractivity (Wildman–Crippen MR) is 158 cm³/mol. The van der Waals surface area contributed by atoms with Crippen LogP contribution in [0.15, 0.2) is 0 Å². The number of carboxylic acids is 2. The van der Waals surface area contributed by atoms with E-state index in [1.54, 1.807) is 27.7 Å². The Balaban J connectivity index is 5.68. The summed E-state index contributed by atoms with van der Waals surface area (Å²) in [5, 5.41) is 39.6. The van der Waals surface area contributed by atoms with E-state index in [1.807, 2.05) is 0 Å². The molecule has 256 valence electrons. The molecule has 18 heteroatoms. The summed E-state index contributed by atoms with van der Waals surface area (Å²) in [6.45, 7) is 6.85. The van der Waals surface area contributed by atoms with E-state index in [2.05, 4.69) is 26.6 Å². The summed E-state index contributed by atoms with van der Waals surface area (Å²) in [6.07, 6.45) is -0.764. The summed E-state index contributed by atoms with van der Waals surface area (Å²) in [5.74, 6) is -8.76. The number of aliphatic carboxylic acids is 2. The van der Waals surface area contributed by atoms with Gasteiger partial charge in [-0.05, 0) is 31.6 Å². The average molecular weight is 646 g/mol. The summed E-state index contributed by atoms with van der Waals surface area (Å²) >= 11 is 0. The lowest BCUT2D eigenvalue weighted by Gasteiger charge is -2.28. The molecule has 0 saturated heterocycles. The van der Waals surface area contributed by atoms with Gasteiger partial charge in [-0.3, -0.25) is 33.6 Å². The first-order valence-corrected chi connectivity index (χ1v) is 14.5. The van der Waals surface area contributed by atoms with Gasteiger partial charge in [-0.15, -0.1) is 0 Å². The van der Waals surface area contributed by atoms with Gasteiger partial charge in [-0.25, -0.2) is 4.79 Å². The number of hydrogen-bond donors (Lipinski definition) is 10. The van der Waals surface area contributed by atoms with Crippen molar-refractivity contribution in [1.29, 1.82) is 0 Å². The van der Waals surface area contributed by atoms with Gasteiger partial charge >= 0.3 is 11.9 Å². The van der Waals surface area contributed by atoms with E-state index < -0.39 is 102 Å². The zero-order valence-electron chi connectivity index (χ0n) is 26.1. The highest BCUT2D eigenvalue weighted by Gasteiger charge is 2.34. The highest BCUT2D eigenvalue weighted by Crippen LogP contribution is 2.09. The third-order valence-corrected chi connectivity index (χ3v) is 6.91. The van der Waals surface area contributed by atoms with Crippen LogP contribution in [0, 0.1) is 11.8 Å². The van der Waals surface area contributed by atoms with Crippen molar-refractivity contribution in [2.45, 2.75) is 103 Å². The van der Waals surface area contributed by atoms with E-state index >= 15 is 0 Å². The lowest BCUT2D eigenvalue weighted by molar-refractivity contribution is -0.144. The van der Waals surface area contributed by atoms with Crippen molar-refractivity contribution < 1.29 is 53.7 Å². The minimum Gasteiger partial charge on any atom is -0.481 e. The highest BCUT2D eigenvalue weighted by molar-refractivity contribution is 5.96. The standard InChI is InChI=1S/C27H47N7O11/c1-6-13(4)21(27(44)45)34-25(42)17(11-35)32-26(43)20(12(2)3)33-24(41)16(8-9-18(29)36)31-22(39)14(5)30-23(40)15(28)7-10-19(37)38/h12-17,20-21,35H,6-11,28H2,1-5H3,(H2,29,36)(H,30,40)(H,31,39)(H,32,43)(H,33,41)(H,34,42)(H,37,38)(H,44,45)/t13-,14-,15-,16-,17-,20-,21-/m0/s1. The van der Waals surface area contributed by atoms with Crippen molar-refractivity contribution in [3.63, 3.8) is 0 Å². The Morgan fingerprint density at radius 2 is 1.20 bits per heavy atom. The average Bonchev–Trinajstić information content (AvgIpc) is 2.96. The first kappa shape index (κ1) is 40.7. The number of aliphatic hydroxyl groups is 1. The van der Waals surface area contributed by atoms with Gasteiger partial charge in [0.05, 0.1) is 12.6 Å². The Kier molecular flexibility index (Phi) is 17.9. The zero-order chi connectivity index (χ0) is 35.0. The van der Waals surface area contributed by atoms with Crippen LogP contribution < -0.4 is 38.1 Å². The number of amides is 6. The summed E-state index contributed by atoms with van der Waals surface area (Å²) in [4.78, 5) is 97.8. The molecule has 0 aromatic rings. The van der Waals surface area contributed by atoms with Crippen LogP contribution in [0.5, 0.6) is 0 Å². The number of aliphatic hydroxyl groups excluding tert-OH is 1. The smallest absolute Gasteiger partial charge is 0.326 e. The Morgan fingerprint density at radius 3 is 1.67 bits per heavy atom. The third-order valence-electron chi connectivity index (χ3n) is 6.91. The molecular formula is C27H47N7O11.